The first kappa shape index (κ1) is 12.3. The van der Waals surface area contributed by atoms with Gasteiger partial charge in [0.25, 0.3) is 5.89 Å². The highest BCUT2D eigenvalue weighted by Crippen LogP contribution is 2.37. The van der Waals surface area contributed by atoms with Gasteiger partial charge in [-0.3, -0.25) is 0 Å². The van der Waals surface area contributed by atoms with Crippen molar-refractivity contribution in [2.24, 2.45) is 5.73 Å². The van der Waals surface area contributed by atoms with E-state index in [-0.39, 0.29) is 0 Å². The Balaban J connectivity index is 1.84. The molecule has 1 fully saturated rings. The molecular formula is C13H18N4O2. The van der Waals surface area contributed by atoms with Crippen LogP contribution in [0.15, 0.2) is 15.1 Å². The third-order valence-corrected chi connectivity index (χ3v) is 3.97. The molecule has 2 aromatic heterocycles. The SMILES string of the molecule is CCC(C)c1cc(-c2nc(C3(N)CCC3)no2)on1. The molecule has 2 heterocycles. The fourth-order valence-electron chi connectivity index (χ4n) is 2.14. The van der Waals surface area contributed by atoms with Crippen LogP contribution in [0, 0.1) is 0 Å². The molecule has 102 valence electrons. The molecule has 6 heteroatoms. The maximum absolute atomic E-state index is 6.16. The number of hydrogen-bond acceptors (Lipinski definition) is 6. The Morgan fingerprint density at radius 3 is 2.79 bits per heavy atom. The van der Waals surface area contributed by atoms with E-state index in [4.69, 9.17) is 14.8 Å². The Labute approximate surface area is 111 Å². The van der Waals surface area contributed by atoms with Crippen molar-refractivity contribution in [3.8, 4) is 11.7 Å². The molecule has 0 bridgehead atoms. The first-order chi connectivity index (χ1) is 9.12. The number of nitrogens with two attached hydrogens (primary N) is 1. The zero-order valence-electron chi connectivity index (χ0n) is 11.2. The van der Waals surface area contributed by atoms with E-state index in [1.807, 2.05) is 6.07 Å². The van der Waals surface area contributed by atoms with Crippen LogP contribution in [0.5, 0.6) is 0 Å². The number of nitrogens with zero attached hydrogens (tertiary/aromatic N) is 3. The second kappa shape index (κ2) is 4.45. The van der Waals surface area contributed by atoms with Crippen molar-refractivity contribution in [2.75, 3.05) is 0 Å². The monoisotopic (exact) mass is 262 g/mol. The quantitative estimate of drug-likeness (QED) is 0.910. The summed E-state index contributed by atoms with van der Waals surface area (Å²) in [6.07, 6.45) is 3.93. The van der Waals surface area contributed by atoms with E-state index >= 15 is 0 Å². The highest BCUT2D eigenvalue weighted by molar-refractivity contribution is 5.44. The van der Waals surface area contributed by atoms with Gasteiger partial charge in [0.2, 0.25) is 5.76 Å². The molecular weight excluding hydrogens is 244 g/mol. The first-order valence-electron chi connectivity index (χ1n) is 6.72. The summed E-state index contributed by atoms with van der Waals surface area (Å²) in [4.78, 5) is 4.34. The summed E-state index contributed by atoms with van der Waals surface area (Å²) in [5.74, 6) is 1.79. The third-order valence-electron chi connectivity index (χ3n) is 3.97. The lowest BCUT2D eigenvalue weighted by Gasteiger charge is -2.34. The standard InChI is InChI=1S/C13H18N4O2/c1-3-8(2)9-7-10(18-16-9)11-15-12(17-19-11)13(14)5-4-6-13/h7-8H,3-6,14H2,1-2H3. The summed E-state index contributed by atoms with van der Waals surface area (Å²) >= 11 is 0. The van der Waals surface area contributed by atoms with Crippen LogP contribution in [0.2, 0.25) is 0 Å². The Morgan fingerprint density at radius 2 is 2.16 bits per heavy atom. The van der Waals surface area contributed by atoms with Gasteiger partial charge in [-0.15, -0.1) is 0 Å². The fraction of sp³-hybridized carbons (Fsp3) is 0.615. The van der Waals surface area contributed by atoms with Gasteiger partial charge in [0.05, 0.1) is 11.2 Å². The zero-order chi connectivity index (χ0) is 13.5. The van der Waals surface area contributed by atoms with E-state index in [9.17, 15) is 0 Å². The van der Waals surface area contributed by atoms with Crippen molar-refractivity contribution < 1.29 is 9.05 Å². The summed E-state index contributed by atoms with van der Waals surface area (Å²) in [6.45, 7) is 4.21. The smallest absolute Gasteiger partial charge is 0.296 e. The lowest BCUT2D eigenvalue weighted by molar-refractivity contribution is 0.229. The average molecular weight is 262 g/mol. The van der Waals surface area contributed by atoms with Crippen LogP contribution in [0.1, 0.15) is 57.0 Å². The van der Waals surface area contributed by atoms with Crippen molar-refractivity contribution in [3.05, 3.63) is 17.6 Å². The van der Waals surface area contributed by atoms with E-state index in [0.717, 1.165) is 31.4 Å². The molecule has 0 amide bonds. The molecule has 3 rings (SSSR count). The molecule has 6 nitrogen and oxygen atoms in total. The minimum Gasteiger partial charge on any atom is -0.351 e. The van der Waals surface area contributed by atoms with E-state index < -0.39 is 5.54 Å². The van der Waals surface area contributed by atoms with Crippen LogP contribution in [0.3, 0.4) is 0 Å². The maximum atomic E-state index is 6.16. The fourth-order valence-corrected chi connectivity index (χ4v) is 2.14. The molecule has 2 aromatic rings. The molecule has 0 aliphatic heterocycles. The van der Waals surface area contributed by atoms with Crippen LogP contribution in [0.4, 0.5) is 0 Å². The van der Waals surface area contributed by atoms with Crippen molar-refractivity contribution in [1.29, 1.82) is 0 Å². The van der Waals surface area contributed by atoms with Gasteiger partial charge >= 0.3 is 0 Å². The van der Waals surface area contributed by atoms with Crippen molar-refractivity contribution in [3.63, 3.8) is 0 Å². The molecule has 1 unspecified atom stereocenters. The predicted molar refractivity (Wildman–Crippen MR) is 68.2 cm³/mol. The molecule has 1 saturated carbocycles. The molecule has 0 aromatic carbocycles. The Morgan fingerprint density at radius 1 is 1.37 bits per heavy atom. The largest absolute Gasteiger partial charge is 0.351 e. The maximum Gasteiger partial charge on any atom is 0.296 e. The zero-order valence-corrected chi connectivity index (χ0v) is 11.2. The van der Waals surface area contributed by atoms with Gasteiger partial charge in [0.15, 0.2) is 5.82 Å². The Kier molecular flexibility index (Phi) is 2.89. The molecule has 1 aliphatic carbocycles. The average Bonchev–Trinajstić information content (AvgIpc) is 3.03. The van der Waals surface area contributed by atoms with Gasteiger partial charge < -0.3 is 14.8 Å². The third kappa shape index (κ3) is 2.06. The second-order valence-electron chi connectivity index (χ2n) is 5.36. The van der Waals surface area contributed by atoms with E-state index in [0.29, 0.717) is 23.4 Å². The van der Waals surface area contributed by atoms with Gasteiger partial charge in [-0.25, -0.2) is 0 Å². The summed E-state index contributed by atoms with van der Waals surface area (Å²) in [5, 5.41) is 8.00. The first-order valence-corrected chi connectivity index (χ1v) is 6.72. The van der Waals surface area contributed by atoms with Crippen LogP contribution in [-0.2, 0) is 5.54 Å². The van der Waals surface area contributed by atoms with Crippen LogP contribution >= 0.6 is 0 Å². The molecule has 2 N–H and O–H groups in total. The summed E-state index contributed by atoms with van der Waals surface area (Å²) in [5.41, 5.74) is 6.65. The number of rotatable bonds is 4. The number of aromatic nitrogens is 3. The minimum atomic E-state index is -0.415. The molecule has 0 radical (unpaired) electrons. The Bertz CT molecular complexity index is 571. The van der Waals surface area contributed by atoms with Crippen LogP contribution in [-0.4, -0.2) is 15.3 Å². The van der Waals surface area contributed by atoms with Crippen LogP contribution in [0.25, 0.3) is 11.7 Å². The van der Waals surface area contributed by atoms with Gasteiger partial charge in [-0.05, 0) is 25.7 Å². The normalized spacial score (nSPS) is 19.1. The number of hydrogen-bond donors (Lipinski definition) is 1. The van der Waals surface area contributed by atoms with Crippen molar-refractivity contribution >= 4 is 0 Å². The highest BCUT2D eigenvalue weighted by Gasteiger charge is 2.39. The Hall–Kier alpha value is -1.69. The van der Waals surface area contributed by atoms with Gasteiger partial charge in [0, 0.05) is 12.0 Å². The summed E-state index contributed by atoms with van der Waals surface area (Å²) in [7, 11) is 0. The summed E-state index contributed by atoms with van der Waals surface area (Å²) < 4.78 is 10.5. The van der Waals surface area contributed by atoms with E-state index in [1.54, 1.807) is 0 Å². The highest BCUT2D eigenvalue weighted by atomic mass is 16.5. The van der Waals surface area contributed by atoms with Crippen molar-refractivity contribution in [1.82, 2.24) is 15.3 Å². The molecule has 0 spiro atoms. The minimum absolute atomic E-state index is 0.354. The van der Waals surface area contributed by atoms with E-state index in [2.05, 4.69) is 29.1 Å². The lowest BCUT2D eigenvalue weighted by Crippen LogP contribution is -2.44. The van der Waals surface area contributed by atoms with E-state index in [1.165, 1.54) is 0 Å². The van der Waals surface area contributed by atoms with Crippen LogP contribution < -0.4 is 5.73 Å². The van der Waals surface area contributed by atoms with Gasteiger partial charge in [-0.2, -0.15) is 4.98 Å². The van der Waals surface area contributed by atoms with Crippen molar-refractivity contribution in [2.45, 2.75) is 51.0 Å². The van der Waals surface area contributed by atoms with Gasteiger partial charge in [-0.1, -0.05) is 24.2 Å². The molecule has 1 aliphatic rings. The summed E-state index contributed by atoms with van der Waals surface area (Å²) in [6, 6.07) is 1.86. The lowest BCUT2D eigenvalue weighted by atomic mass is 9.77. The molecule has 0 saturated heterocycles. The predicted octanol–water partition coefficient (Wildman–Crippen LogP) is 2.58. The topological polar surface area (TPSA) is 91.0 Å². The molecule has 1 atom stereocenters. The molecule has 19 heavy (non-hydrogen) atoms. The van der Waals surface area contributed by atoms with Gasteiger partial charge in [0.1, 0.15) is 0 Å². The second-order valence-corrected chi connectivity index (χ2v) is 5.36.